The third kappa shape index (κ3) is 4.75. The second kappa shape index (κ2) is 8.70. The average Bonchev–Trinajstić information content (AvgIpc) is 2.68. The summed E-state index contributed by atoms with van der Waals surface area (Å²) in [4.78, 5) is 19.0. The molecule has 0 bridgehead atoms. The number of amides is 1. The van der Waals surface area contributed by atoms with Gasteiger partial charge in [0, 0.05) is 31.5 Å². The molecule has 1 atom stereocenters. The van der Waals surface area contributed by atoms with E-state index in [1.54, 1.807) is 13.3 Å². The van der Waals surface area contributed by atoms with Gasteiger partial charge in [-0.15, -0.1) is 0 Å². The summed E-state index contributed by atoms with van der Waals surface area (Å²) in [5, 5.41) is 2.96. The first-order chi connectivity index (χ1) is 12.7. The Hall–Kier alpha value is -2.56. The van der Waals surface area contributed by atoms with E-state index in [-0.39, 0.29) is 5.91 Å². The molecule has 1 amide bonds. The summed E-state index contributed by atoms with van der Waals surface area (Å²) in [6.45, 7) is 4.93. The first-order valence-electron chi connectivity index (χ1n) is 9.28. The third-order valence-electron chi connectivity index (χ3n) is 4.83. The highest BCUT2D eigenvalue weighted by molar-refractivity contribution is 5.93. The van der Waals surface area contributed by atoms with E-state index in [0.717, 1.165) is 36.5 Å². The summed E-state index contributed by atoms with van der Waals surface area (Å²) < 4.78 is 5.23. The van der Waals surface area contributed by atoms with Crippen LogP contribution in [-0.4, -0.2) is 37.6 Å². The van der Waals surface area contributed by atoms with Gasteiger partial charge < -0.3 is 15.0 Å². The van der Waals surface area contributed by atoms with Gasteiger partial charge in [-0.2, -0.15) is 0 Å². The third-order valence-corrected chi connectivity index (χ3v) is 4.83. The van der Waals surface area contributed by atoms with E-state index in [1.807, 2.05) is 36.4 Å². The van der Waals surface area contributed by atoms with Gasteiger partial charge in [-0.1, -0.05) is 19.1 Å². The fourth-order valence-electron chi connectivity index (χ4n) is 3.40. The number of methoxy groups -OCH3 is 1. The topological polar surface area (TPSA) is 54.5 Å². The zero-order chi connectivity index (χ0) is 18.4. The molecule has 0 spiro atoms. The molecular weight excluding hydrogens is 326 g/mol. The van der Waals surface area contributed by atoms with Gasteiger partial charge in [0.2, 0.25) is 0 Å². The molecule has 26 heavy (non-hydrogen) atoms. The molecule has 1 saturated heterocycles. The highest BCUT2D eigenvalue weighted by Gasteiger charge is 2.18. The van der Waals surface area contributed by atoms with Crippen molar-refractivity contribution in [2.24, 2.45) is 5.92 Å². The van der Waals surface area contributed by atoms with Gasteiger partial charge in [-0.05, 0) is 55.0 Å². The lowest BCUT2D eigenvalue weighted by atomic mass is 10.00. The van der Waals surface area contributed by atoms with E-state index in [9.17, 15) is 4.79 Å². The second-order valence-corrected chi connectivity index (χ2v) is 6.95. The molecule has 0 aliphatic carbocycles. The monoisotopic (exact) mass is 353 g/mol. The SMILES string of the molecule is COc1cccc(CCNC(=O)c2cc(N3CCCC(C)C3)ccn2)c1. The van der Waals surface area contributed by atoms with Gasteiger partial charge in [0.15, 0.2) is 0 Å². The van der Waals surface area contributed by atoms with Gasteiger partial charge in [-0.3, -0.25) is 9.78 Å². The van der Waals surface area contributed by atoms with Crippen molar-refractivity contribution < 1.29 is 9.53 Å². The number of anilines is 1. The minimum Gasteiger partial charge on any atom is -0.497 e. The lowest BCUT2D eigenvalue weighted by Crippen LogP contribution is -2.34. The molecule has 1 aliphatic rings. The van der Waals surface area contributed by atoms with Crippen molar-refractivity contribution in [2.45, 2.75) is 26.2 Å². The highest BCUT2D eigenvalue weighted by Crippen LogP contribution is 2.23. The number of carbonyl (C=O) groups is 1. The number of piperidine rings is 1. The van der Waals surface area contributed by atoms with Crippen molar-refractivity contribution in [3.63, 3.8) is 0 Å². The van der Waals surface area contributed by atoms with Crippen LogP contribution in [0.15, 0.2) is 42.6 Å². The number of rotatable bonds is 6. The molecule has 5 nitrogen and oxygen atoms in total. The van der Waals surface area contributed by atoms with E-state index in [4.69, 9.17) is 4.74 Å². The molecule has 1 unspecified atom stereocenters. The normalized spacial score (nSPS) is 17.0. The van der Waals surface area contributed by atoms with Crippen LogP contribution >= 0.6 is 0 Å². The van der Waals surface area contributed by atoms with Crippen molar-refractivity contribution >= 4 is 11.6 Å². The van der Waals surface area contributed by atoms with Crippen molar-refractivity contribution in [3.8, 4) is 5.75 Å². The number of nitrogens with zero attached hydrogens (tertiary/aromatic N) is 2. The van der Waals surface area contributed by atoms with Crippen LogP contribution in [0.25, 0.3) is 0 Å². The predicted molar refractivity (Wildman–Crippen MR) is 104 cm³/mol. The number of pyridine rings is 1. The summed E-state index contributed by atoms with van der Waals surface area (Å²) in [6, 6.07) is 11.8. The van der Waals surface area contributed by atoms with Crippen LogP contribution in [0, 0.1) is 5.92 Å². The minimum absolute atomic E-state index is 0.125. The number of hydrogen-bond acceptors (Lipinski definition) is 4. The fourth-order valence-corrected chi connectivity index (χ4v) is 3.40. The summed E-state index contributed by atoms with van der Waals surface area (Å²) in [6.07, 6.45) is 4.96. The van der Waals surface area contributed by atoms with E-state index in [1.165, 1.54) is 12.8 Å². The first-order valence-corrected chi connectivity index (χ1v) is 9.28. The molecule has 2 heterocycles. The standard InChI is InChI=1S/C21H27N3O2/c1-16-5-4-12-24(15-16)18-9-11-22-20(14-18)21(25)23-10-8-17-6-3-7-19(13-17)26-2/h3,6-7,9,11,13-14,16H,4-5,8,10,12,15H2,1-2H3,(H,23,25). The Balaban J connectivity index is 1.56. The van der Waals surface area contributed by atoms with Crippen molar-refractivity contribution in [3.05, 3.63) is 53.9 Å². The van der Waals surface area contributed by atoms with E-state index in [0.29, 0.717) is 18.2 Å². The zero-order valence-corrected chi connectivity index (χ0v) is 15.6. The number of ether oxygens (including phenoxy) is 1. The second-order valence-electron chi connectivity index (χ2n) is 6.95. The number of hydrogen-bond donors (Lipinski definition) is 1. The van der Waals surface area contributed by atoms with Gasteiger partial charge in [-0.25, -0.2) is 0 Å². The lowest BCUT2D eigenvalue weighted by Gasteiger charge is -2.32. The molecule has 138 valence electrons. The minimum atomic E-state index is -0.125. The van der Waals surface area contributed by atoms with Crippen molar-refractivity contribution in [2.75, 3.05) is 31.6 Å². The van der Waals surface area contributed by atoms with Crippen LogP contribution in [0.1, 0.15) is 35.8 Å². The molecule has 1 aromatic carbocycles. The average molecular weight is 353 g/mol. The van der Waals surface area contributed by atoms with Gasteiger partial charge in [0.05, 0.1) is 7.11 Å². The molecule has 0 saturated carbocycles. The predicted octanol–water partition coefficient (Wildman–Crippen LogP) is 3.30. The van der Waals surface area contributed by atoms with Crippen molar-refractivity contribution in [1.29, 1.82) is 0 Å². The summed E-state index contributed by atoms with van der Waals surface area (Å²) >= 11 is 0. The van der Waals surface area contributed by atoms with Crippen molar-refractivity contribution in [1.82, 2.24) is 10.3 Å². The molecule has 2 aromatic rings. The lowest BCUT2D eigenvalue weighted by molar-refractivity contribution is 0.0949. The smallest absolute Gasteiger partial charge is 0.269 e. The van der Waals surface area contributed by atoms with Crippen LogP contribution in [0.3, 0.4) is 0 Å². The summed E-state index contributed by atoms with van der Waals surface area (Å²) in [5.74, 6) is 1.40. The summed E-state index contributed by atoms with van der Waals surface area (Å²) in [5.41, 5.74) is 2.70. The van der Waals surface area contributed by atoms with E-state index in [2.05, 4.69) is 22.1 Å². The van der Waals surface area contributed by atoms with Gasteiger partial charge >= 0.3 is 0 Å². The Labute approximate surface area is 155 Å². The molecule has 5 heteroatoms. The maximum atomic E-state index is 12.4. The van der Waals surface area contributed by atoms with Crippen LogP contribution in [0.4, 0.5) is 5.69 Å². The molecule has 3 rings (SSSR count). The highest BCUT2D eigenvalue weighted by atomic mass is 16.5. The van der Waals surface area contributed by atoms with Crippen LogP contribution in [0.5, 0.6) is 5.75 Å². The Bertz CT molecular complexity index is 748. The maximum Gasteiger partial charge on any atom is 0.269 e. The molecule has 0 radical (unpaired) electrons. The first kappa shape index (κ1) is 18.2. The molecule has 1 N–H and O–H groups in total. The van der Waals surface area contributed by atoms with Crippen LogP contribution in [0.2, 0.25) is 0 Å². The fraction of sp³-hybridized carbons (Fsp3) is 0.429. The largest absolute Gasteiger partial charge is 0.497 e. The quantitative estimate of drug-likeness (QED) is 0.866. The number of nitrogens with one attached hydrogen (secondary N) is 1. The van der Waals surface area contributed by atoms with Gasteiger partial charge in [0.1, 0.15) is 11.4 Å². The molecule has 1 aromatic heterocycles. The number of benzene rings is 1. The van der Waals surface area contributed by atoms with Gasteiger partial charge in [0.25, 0.3) is 5.91 Å². The Kier molecular flexibility index (Phi) is 6.10. The van der Waals surface area contributed by atoms with Crippen LogP contribution in [-0.2, 0) is 6.42 Å². The maximum absolute atomic E-state index is 12.4. The Morgan fingerprint density at radius 2 is 2.23 bits per heavy atom. The molecule has 1 aliphatic heterocycles. The molecular formula is C21H27N3O2. The zero-order valence-electron chi connectivity index (χ0n) is 15.6. The Morgan fingerprint density at radius 3 is 3.04 bits per heavy atom. The number of carbonyl (C=O) groups excluding carboxylic acids is 1. The summed E-state index contributed by atoms with van der Waals surface area (Å²) in [7, 11) is 1.66. The van der Waals surface area contributed by atoms with E-state index < -0.39 is 0 Å². The number of aromatic nitrogens is 1. The molecule has 1 fully saturated rings. The Morgan fingerprint density at radius 1 is 1.35 bits per heavy atom. The van der Waals surface area contributed by atoms with Crippen LogP contribution < -0.4 is 15.0 Å². The van der Waals surface area contributed by atoms with E-state index >= 15 is 0 Å².